The molecule has 1 aromatic heterocycles. The van der Waals surface area contributed by atoms with Crippen LogP contribution < -0.4 is 10.6 Å². The van der Waals surface area contributed by atoms with Gasteiger partial charge in [0.1, 0.15) is 4.99 Å². The van der Waals surface area contributed by atoms with Gasteiger partial charge in [0.15, 0.2) is 5.13 Å². The Morgan fingerprint density at radius 1 is 1.50 bits per heavy atom. The van der Waals surface area contributed by atoms with E-state index in [9.17, 15) is 0 Å². The van der Waals surface area contributed by atoms with E-state index in [2.05, 4.69) is 16.8 Å². The van der Waals surface area contributed by atoms with Crippen molar-refractivity contribution in [1.29, 1.82) is 0 Å². The number of aryl methyl sites for hydroxylation is 1. The maximum Gasteiger partial charge on any atom is 0.186 e. The summed E-state index contributed by atoms with van der Waals surface area (Å²) in [5.74, 6) is 0.840. The van der Waals surface area contributed by atoms with Crippen LogP contribution in [0.15, 0.2) is 0 Å². The van der Waals surface area contributed by atoms with Gasteiger partial charge in [-0.2, -0.15) is 0 Å². The summed E-state index contributed by atoms with van der Waals surface area (Å²) in [6, 6.07) is 0. The third-order valence-electron chi connectivity index (χ3n) is 3.06. The highest BCUT2D eigenvalue weighted by Gasteiger charge is 2.20. The van der Waals surface area contributed by atoms with E-state index in [1.54, 1.807) is 11.3 Å². The highest BCUT2D eigenvalue weighted by Crippen LogP contribution is 2.29. The molecule has 2 rings (SSSR count). The number of anilines is 1. The summed E-state index contributed by atoms with van der Waals surface area (Å²) < 4.78 is 0. The van der Waals surface area contributed by atoms with Gasteiger partial charge in [-0.1, -0.05) is 30.5 Å². The van der Waals surface area contributed by atoms with Crippen molar-refractivity contribution in [3.8, 4) is 0 Å². The molecule has 16 heavy (non-hydrogen) atoms. The van der Waals surface area contributed by atoms with Gasteiger partial charge < -0.3 is 10.6 Å². The van der Waals surface area contributed by atoms with Crippen LogP contribution in [0.25, 0.3) is 0 Å². The zero-order valence-corrected chi connectivity index (χ0v) is 11.3. The van der Waals surface area contributed by atoms with Crippen LogP contribution in [0, 0.1) is 12.8 Å². The first-order valence-electron chi connectivity index (χ1n) is 5.60. The number of hydrogen-bond donors (Lipinski definition) is 1. The summed E-state index contributed by atoms with van der Waals surface area (Å²) in [5.41, 5.74) is 6.63. The average molecular weight is 255 g/mol. The molecule has 3 nitrogen and oxygen atoms in total. The number of nitrogens with two attached hydrogens (primary N) is 1. The smallest absolute Gasteiger partial charge is 0.186 e. The number of rotatable bonds is 2. The second-order valence-electron chi connectivity index (χ2n) is 4.44. The summed E-state index contributed by atoms with van der Waals surface area (Å²) in [5, 5.41) is 1.08. The molecular weight excluding hydrogens is 238 g/mol. The zero-order valence-electron chi connectivity index (χ0n) is 9.69. The highest BCUT2D eigenvalue weighted by atomic mass is 32.1. The quantitative estimate of drug-likeness (QED) is 0.824. The molecule has 1 saturated heterocycles. The lowest BCUT2D eigenvalue weighted by Crippen LogP contribution is -2.32. The SMILES string of the molecule is Cc1nc(N2CCC(C)CC2)sc1C(N)=S. The fraction of sp³-hybridized carbons (Fsp3) is 0.636. The molecule has 0 atom stereocenters. The Balaban J connectivity index is 2.15. The maximum atomic E-state index is 5.66. The molecule has 2 heterocycles. The second kappa shape index (κ2) is 4.67. The monoisotopic (exact) mass is 255 g/mol. The summed E-state index contributed by atoms with van der Waals surface area (Å²) in [4.78, 5) is 8.33. The molecule has 2 N–H and O–H groups in total. The molecule has 88 valence electrons. The predicted molar refractivity (Wildman–Crippen MR) is 73.3 cm³/mol. The number of piperidine rings is 1. The molecule has 0 aliphatic carbocycles. The lowest BCUT2D eigenvalue weighted by atomic mass is 10.00. The topological polar surface area (TPSA) is 42.2 Å². The van der Waals surface area contributed by atoms with Crippen LogP contribution in [0.1, 0.15) is 30.3 Å². The van der Waals surface area contributed by atoms with Gasteiger partial charge in [-0.05, 0) is 25.7 Å². The zero-order chi connectivity index (χ0) is 11.7. The van der Waals surface area contributed by atoms with Gasteiger partial charge in [0.25, 0.3) is 0 Å². The van der Waals surface area contributed by atoms with Crippen LogP contribution >= 0.6 is 23.6 Å². The van der Waals surface area contributed by atoms with Gasteiger partial charge in [-0.3, -0.25) is 0 Å². The van der Waals surface area contributed by atoms with Gasteiger partial charge in [0.05, 0.1) is 10.6 Å². The molecule has 5 heteroatoms. The molecule has 0 radical (unpaired) electrons. The summed E-state index contributed by atoms with van der Waals surface area (Å²) >= 11 is 6.64. The summed E-state index contributed by atoms with van der Waals surface area (Å²) in [7, 11) is 0. The molecular formula is C11H17N3S2. The van der Waals surface area contributed by atoms with Crippen molar-refractivity contribution in [3.63, 3.8) is 0 Å². The Hall–Kier alpha value is -0.680. The van der Waals surface area contributed by atoms with Crippen molar-refractivity contribution in [2.45, 2.75) is 26.7 Å². The minimum absolute atomic E-state index is 0.464. The van der Waals surface area contributed by atoms with Crippen molar-refractivity contribution in [2.75, 3.05) is 18.0 Å². The molecule has 0 unspecified atom stereocenters. The van der Waals surface area contributed by atoms with E-state index >= 15 is 0 Å². The Kier molecular flexibility index (Phi) is 3.44. The van der Waals surface area contributed by atoms with Crippen LogP contribution in [0.3, 0.4) is 0 Å². The average Bonchev–Trinajstić information content (AvgIpc) is 2.61. The molecule has 1 fully saturated rings. The minimum atomic E-state index is 0.464. The van der Waals surface area contributed by atoms with Crippen molar-refractivity contribution >= 4 is 33.7 Å². The fourth-order valence-electron chi connectivity index (χ4n) is 1.95. The lowest BCUT2D eigenvalue weighted by molar-refractivity contribution is 0.438. The molecule has 1 aromatic rings. The Morgan fingerprint density at radius 2 is 2.12 bits per heavy atom. The Morgan fingerprint density at radius 3 is 2.62 bits per heavy atom. The molecule has 0 aromatic carbocycles. The summed E-state index contributed by atoms with van der Waals surface area (Å²) in [6.07, 6.45) is 2.50. The third kappa shape index (κ3) is 2.35. The Labute approximate surface area is 106 Å². The normalized spacial score (nSPS) is 17.8. The standard InChI is InChI=1S/C11H17N3S2/c1-7-3-5-14(6-4-7)11-13-8(2)9(16-11)10(12)15/h7H,3-6H2,1-2H3,(H2,12,15). The van der Waals surface area contributed by atoms with E-state index in [-0.39, 0.29) is 0 Å². The van der Waals surface area contributed by atoms with Gasteiger partial charge in [0, 0.05) is 13.1 Å². The van der Waals surface area contributed by atoms with Gasteiger partial charge in [-0.15, -0.1) is 0 Å². The second-order valence-corrected chi connectivity index (χ2v) is 5.86. The third-order valence-corrected chi connectivity index (χ3v) is 4.65. The number of hydrogen-bond acceptors (Lipinski definition) is 4. The predicted octanol–water partition coefficient (Wildman–Crippen LogP) is 2.32. The first-order chi connectivity index (χ1) is 7.58. The van der Waals surface area contributed by atoms with Crippen LogP contribution in [0.4, 0.5) is 5.13 Å². The number of thiazole rings is 1. The van der Waals surface area contributed by atoms with E-state index in [1.807, 2.05) is 6.92 Å². The maximum absolute atomic E-state index is 5.66. The Bertz CT molecular complexity index is 392. The molecule has 0 saturated carbocycles. The van der Waals surface area contributed by atoms with Gasteiger partial charge in [0.2, 0.25) is 0 Å². The fourth-order valence-corrected chi connectivity index (χ4v) is 3.19. The molecule has 0 spiro atoms. The van der Waals surface area contributed by atoms with Crippen molar-refractivity contribution < 1.29 is 0 Å². The van der Waals surface area contributed by atoms with Crippen LogP contribution in [-0.2, 0) is 0 Å². The number of thiocarbonyl (C=S) groups is 1. The first kappa shape index (κ1) is 11.8. The molecule has 0 amide bonds. The van der Waals surface area contributed by atoms with Crippen molar-refractivity contribution in [1.82, 2.24) is 4.98 Å². The molecule has 0 bridgehead atoms. The van der Waals surface area contributed by atoms with E-state index in [4.69, 9.17) is 18.0 Å². The van der Waals surface area contributed by atoms with Crippen LogP contribution in [0.5, 0.6) is 0 Å². The van der Waals surface area contributed by atoms with E-state index < -0.39 is 0 Å². The minimum Gasteiger partial charge on any atom is -0.389 e. The molecule has 1 aliphatic heterocycles. The van der Waals surface area contributed by atoms with E-state index in [0.717, 1.165) is 34.7 Å². The lowest BCUT2D eigenvalue weighted by Gasteiger charge is -2.29. The molecule has 1 aliphatic rings. The largest absolute Gasteiger partial charge is 0.389 e. The van der Waals surface area contributed by atoms with Gasteiger partial charge in [-0.25, -0.2) is 4.98 Å². The number of aromatic nitrogens is 1. The number of nitrogens with zero attached hydrogens (tertiary/aromatic N) is 2. The van der Waals surface area contributed by atoms with Crippen LogP contribution in [0.2, 0.25) is 0 Å². The van der Waals surface area contributed by atoms with Crippen molar-refractivity contribution in [2.24, 2.45) is 11.7 Å². The first-order valence-corrected chi connectivity index (χ1v) is 6.82. The van der Waals surface area contributed by atoms with Crippen molar-refractivity contribution in [3.05, 3.63) is 10.6 Å². The van der Waals surface area contributed by atoms with Gasteiger partial charge >= 0.3 is 0 Å². The summed E-state index contributed by atoms with van der Waals surface area (Å²) in [6.45, 7) is 6.49. The van der Waals surface area contributed by atoms with E-state index in [0.29, 0.717) is 4.99 Å². The van der Waals surface area contributed by atoms with Crippen LogP contribution in [-0.4, -0.2) is 23.1 Å². The highest BCUT2D eigenvalue weighted by molar-refractivity contribution is 7.81. The van der Waals surface area contributed by atoms with E-state index in [1.165, 1.54) is 12.8 Å².